The highest BCUT2D eigenvalue weighted by Gasteiger charge is 2.35. The van der Waals surface area contributed by atoms with Gasteiger partial charge in [-0.1, -0.05) is 67.6 Å². The molecule has 1 aliphatic rings. The zero-order chi connectivity index (χ0) is 23.4. The molecule has 4 rings (SSSR count). The number of thiophene rings is 1. The average Bonchev–Trinajstić information content (AvgIpc) is 3.35. The lowest BCUT2D eigenvalue weighted by atomic mass is 9.93. The molecule has 0 bridgehead atoms. The zero-order valence-corrected chi connectivity index (χ0v) is 20.6. The maximum atomic E-state index is 13.7. The first-order valence-corrected chi connectivity index (χ1v) is 12.7. The number of hydrogen-bond acceptors (Lipinski definition) is 3. The molecule has 6 heteroatoms. The second-order valence-corrected chi connectivity index (χ2v) is 9.88. The number of fused-ring (bicyclic) bond motifs is 1. The monoisotopic (exact) mass is 480 g/mol. The van der Waals surface area contributed by atoms with Crippen molar-refractivity contribution < 1.29 is 9.59 Å². The van der Waals surface area contributed by atoms with Crippen molar-refractivity contribution in [3.8, 4) is 0 Å². The number of halogens is 1. The minimum absolute atomic E-state index is 0.0205. The van der Waals surface area contributed by atoms with Gasteiger partial charge in [0.2, 0.25) is 11.8 Å². The lowest BCUT2D eigenvalue weighted by Crippen LogP contribution is -2.49. The highest BCUT2D eigenvalue weighted by molar-refractivity contribution is 7.10. The molecule has 1 aliphatic heterocycles. The van der Waals surface area contributed by atoms with Gasteiger partial charge in [-0.15, -0.1) is 22.9 Å². The Morgan fingerprint density at radius 3 is 2.42 bits per heavy atom. The van der Waals surface area contributed by atoms with Gasteiger partial charge in [0.05, 0.1) is 6.04 Å². The minimum atomic E-state index is -0.817. The Morgan fingerprint density at radius 2 is 1.76 bits per heavy atom. The molecule has 2 heterocycles. The third kappa shape index (κ3) is 4.99. The van der Waals surface area contributed by atoms with Gasteiger partial charge >= 0.3 is 0 Å². The van der Waals surface area contributed by atoms with Crippen LogP contribution >= 0.6 is 22.9 Å². The Morgan fingerprint density at radius 1 is 1.09 bits per heavy atom. The zero-order valence-electron chi connectivity index (χ0n) is 19.0. The van der Waals surface area contributed by atoms with E-state index in [1.807, 2.05) is 67.3 Å². The third-order valence-corrected chi connectivity index (χ3v) is 7.86. The molecular formula is C27H29ClN2O2S. The van der Waals surface area contributed by atoms with Gasteiger partial charge in [-0.05, 0) is 47.9 Å². The summed E-state index contributed by atoms with van der Waals surface area (Å²) in [5, 5.41) is 1.28. The largest absolute Gasteiger partial charge is 0.330 e. The van der Waals surface area contributed by atoms with E-state index in [1.165, 1.54) is 10.4 Å². The maximum absolute atomic E-state index is 13.7. The van der Waals surface area contributed by atoms with Crippen LogP contribution in [0.1, 0.15) is 53.3 Å². The van der Waals surface area contributed by atoms with Gasteiger partial charge in [-0.2, -0.15) is 0 Å². The number of nitrogens with zero attached hydrogens (tertiary/aromatic N) is 2. The van der Waals surface area contributed by atoms with E-state index in [4.69, 9.17) is 11.6 Å². The molecule has 0 aliphatic carbocycles. The average molecular weight is 481 g/mol. The van der Waals surface area contributed by atoms with Gasteiger partial charge in [-0.25, -0.2) is 0 Å². The SMILES string of the molecule is CCC(C)N(CC(=O)N1CCc2sccc2C1c1ccccc1)C(=O)C(Cl)c1ccccc1. The first-order chi connectivity index (χ1) is 16.0. The molecule has 33 heavy (non-hydrogen) atoms. The van der Waals surface area contributed by atoms with Gasteiger partial charge in [0.25, 0.3) is 0 Å². The summed E-state index contributed by atoms with van der Waals surface area (Å²) in [5.41, 5.74) is 3.02. The molecule has 0 saturated carbocycles. The van der Waals surface area contributed by atoms with Crippen molar-refractivity contribution in [3.63, 3.8) is 0 Å². The molecule has 3 aromatic rings. The number of hydrogen-bond donors (Lipinski definition) is 0. The molecule has 0 N–H and O–H groups in total. The number of benzene rings is 2. The molecule has 3 unspecified atom stereocenters. The summed E-state index contributed by atoms with van der Waals surface area (Å²) >= 11 is 8.33. The van der Waals surface area contributed by atoms with Gasteiger partial charge in [-0.3, -0.25) is 9.59 Å². The van der Waals surface area contributed by atoms with Crippen molar-refractivity contribution in [2.45, 2.75) is 44.1 Å². The van der Waals surface area contributed by atoms with E-state index in [1.54, 1.807) is 16.2 Å². The predicted molar refractivity (Wildman–Crippen MR) is 135 cm³/mol. The molecule has 2 aromatic carbocycles. The van der Waals surface area contributed by atoms with Gasteiger partial charge in [0.15, 0.2) is 0 Å². The van der Waals surface area contributed by atoms with Crippen molar-refractivity contribution in [1.29, 1.82) is 0 Å². The Bertz CT molecular complexity index is 1090. The fourth-order valence-corrected chi connectivity index (χ4v) is 5.57. The smallest absolute Gasteiger partial charge is 0.245 e. The summed E-state index contributed by atoms with van der Waals surface area (Å²) in [6, 6.07) is 21.4. The van der Waals surface area contributed by atoms with Gasteiger partial charge in [0, 0.05) is 17.5 Å². The van der Waals surface area contributed by atoms with Crippen LogP contribution in [0, 0.1) is 0 Å². The highest BCUT2D eigenvalue weighted by Crippen LogP contribution is 2.38. The van der Waals surface area contributed by atoms with Crippen molar-refractivity contribution in [1.82, 2.24) is 9.80 Å². The minimum Gasteiger partial charge on any atom is -0.330 e. The molecule has 4 nitrogen and oxygen atoms in total. The number of rotatable bonds is 7. The summed E-state index contributed by atoms with van der Waals surface area (Å²) in [4.78, 5) is 32.0. The fourth-order valence-electron chi connectivity index (χ4n) is 4.40. The number of carbonyl (C=O) groups excluding carboxylic acids is 2. The summed E-state index contributed by atoms with van der Waals surface area (Å²) in [5.74, 6) is -0.277. The highest BCUT2D eigenvalue weighted by atomic mass is 35.5. The first kappa shape index (κ1) is 23.5. The summed E-state index contributed by atoms with van der Waals surface area (Å²) in [6.07, 6.45) is 1.58. The number of alkyl halides is 1. The molecule has 1 aromatic heterocycles. The molecule has 0 spiro atoms. The molecule has 0 saturated heterocycles. The van der Waals surface area contributed by atoms with E-state index in [-0.39, 0.29) is 30.4 Å². The normalized spacial score (nSPS) is 17.2. The van der Waals surface area contributed by atoms with E-state index in [2.05, 4.69) is 23.6 Å². The van der Waals surface area contributed by atoms with Gasteiger partial charge < -0.3 is 9.80 Å². The Kier molecular flexibility index (Phi) is 7.51. The molecule has 0 fully saturated rings. The maximum Gasteiger partial charge on any atom is 0.245 e. The Hall–Kier alpha value is -2.63. The van der Waals surface area contributed by atoms with E-state index >= 15 is 0 Å². The Balaban J connectivity index is 1.60. The van der Waals surface area contributed by atoms with Crippen LogP contribution in [0.4, 0.5) is 0 Å². The van der Waals surface area contributed by atoms with E-state index in [0.717, 1.165) is 24.0 Å². The van der Waals surface area contributed by atoms with Crippen LogP contribution in [0.25, 0.3) is 0 Å². The van der Waals surface area contributed by atoms with E-state index in [9.17, 15) is 9.59 Å². The summed E-state index contributed by atoms with van der Waals surface area (Å²) in [6.45, 7) is 4.65. The topological polar surface area (TPSA) is 40.6 Å². The lowest BCUT2D eigenvalue weighted by molar-refractivity contribution is -0.143. The Labute approximate surface area is 204 Å². The quantitative estimate of drug-likeness (QED) is 0.399. The molecule has 172 valence electrons. The van der Waals surface area contributed by atoms with E-state index < -0.39 is 5.38 Å². The fraction of sp³-hybridized carbons (Fsp3) is 0.333. The van der Waals surface area contributed by atoms with Crippen LogP contribution in [0.3, 0.4) is 0 Å². The summed E-state index contributed by atoms with van der Waals surface area (Å²) < 4.78 is 0. The standard InChI is InChI=1S/C27H29ClN2O2S/c1-3-19(2)30(27(32)25(28)20-10-6-4-7-11-20)18-24(31)29-16-14-23-22(15-17-33-23)26(29)21-12-8-5-9-13-21/h4-13,15,17,19,25-26H,3,14,16,18H2,1-2H3. The van der Waals surface area contributed by atoms with E-state index in [0.29, 0.717) is 6.54 Å². The van der Waals surface area contributed by atoms with Gasteiger partial charge in [0.1, 0.15) is 11.9 Å². The second-order valence-electron chi connectivity index (χ2n) is 8.45. The van der Waals surface area contributed by atoms with Crippen LogP contribution in [0.2, 0.25) is 0 Å². The second kappa shape index (κ2) is 10.5. The van der Waals surface area contributed by atoms with Crippen LogP contribution in [-0.2, 0) is 16.0 Å². The van der Waals surface area contributed by atoms with Crippen LogP contribution in [-0.4, -0.2) is 40.7 Å². The lowest BCUT2D eigenvalue weighted by Gasteiger charge is -2.38. The van der Waals surface area contributed by atoms with Crippen molar-refractivity contribution in [2.75, 3.05) is 13.1 Å². The van der Waals surface area contributed by atoms with Crippen LogP contribution < -0.4 is 0 Å². The van der Waals surface area contributed by atoms with Crippen LogP contribution in [0.15, 0.2) is 72.1 Å². The molecule has 3 atom stereocenters. The molecular weight excluding hydrogens is 452 g/mol. The van der Waals surface area contributed by atoms with Crippen molar-refractivity contribution in [2.24, 2.45) is 0 Å². The molecule has 2 amide bonds. The van der Waals surface area contributed by atoms with Crippen LogP contribution in [0.5, 0.6) is 0 Å². The van der Waals surface area contributed by atoms with Crippen molar-refractivity contribution in [3.05, 3.63) is 93.7 Å². The third-order valence-electron chi connectivity index (χ3n) is 6.42. The first-order valence-electron chi connectivity index (χ1n) is 11.4. The predicted octanol–water partition coefficient (Wildman–Crippen LogP) is 5.83. The summed E-state index contributed by atoms with van der Waals surface area (Å²) in [7, 11) is 0. The number of carbonyl (C=O) groups is 2. The molecule has 0 radical (unpaired) electrons. The number of amides is 2. The van der Waals surface area contributed by atoms with Crippen molar-refractivity contribution >= 4 is 34.8 Å².